The van der Waals surface area contributed by atoms with Crippen LogP contribution in [-0.2, 0) is 11.0 Å². The molecule has 0 aliphatic carbocycles. The van der Waals surface area contributed by atoms with Crippen molar-refractivity contribution in [1.29, 1.82) is 0 Å². The van der Waals surface area contributed by atoms with Crippen molar-refractivity contribution in [3.8, 4) is 5.75 Å². The molecule has 1 amide bonds. The van der Waals surface area contributed by atoms with E-state index in [4.69, 9.17) is 4.74 Å². The van der Waals surface area contributed by atoms with E-state index in [9.17, 15) is 22.4 Å². The second-order valence-electron chi connectivity index (χ2n) is 6.91. The summed E-state index contributed by atoms with van der Waals surface area (Å²) in [5, 5.41) is 2.81. The molecule has 1 fully saturated rings. The van der Waals surface area contributed by atoms with E-state index in [0.29, 0.717) is 12.6 Å². The summed E-state index contributed by atoms with van der Waals surface area (Å²) in [4.78, 5) is 11.4. The van der Waals surface area contributed by atoms with E-state index < -0.39 is 11.7 Å². The third-order valence-electron chi connectivity index (χ3n) is 4.44. The molecule has 0 atom stereocenters. The van der Waals surface area contributed by atoms with Gasteiger partial charge in [0.2, 0.25) is 6.41 Å². The zero-order valence-corrected chi connectivity index (χ0v) is 18.0. The second kappa shape index (κ2) is 12.6. The number of hydrogen-bond donors (Lipinski definition) is 1. The maximum atomic E-state index is 12.7. The van der Waals surface area contributed by atoms with Crippen LogP contribution in [0.4, 0.5) is 17.6 Å². The van der Waals surface area contributed by atoms with E-state index in [2.05, 4.69) is 9.62 Å². The third kappa shape index (κ3) is 9.18. The molecule has 2 aromatic carbocycles. The number of nitrogens with one attached hydrogen (secondary N) is 1. The summed E-state index contributed by atoms with van der Waals surface area (Å²) < 4.78 is 56.8. The van der Waals surface area contributed by atoms with Gasteiger partial charge in [-0.05, 0) is 73.7 Å². The number of benzene rings is 2. The van der Waals surface area contributed by atoms with Crippen LogP contribution < -0.4 is 10.1 Å². The molecule has 3 rings (SSSR count). The number of halogens is 4. The monoisotopic (exact) mass is 458 g/mol. The van der Waals surface area contributed by atoms with Crippen LogP contribution in [0.3, 0.4) is 0 Å². The van der Waals surface area contributed by atoms with Gasteiger partial charge in [0.1, 0.15) is 11.6 Å². The van der Waals surface area contributed by atoms with Crippen LogP contribution >= 0.6 is 11.9 Å². The molecule has 31 heavy (non-hydrogen) atoms. The van der Waals surface area contributed by atoms with Gasteiger partial charge in [0.05, 0.1) is 12.2 Å². The fourth-order valence-corrected chi connectivity index (χ4v) is 3.79. The van der Waals surface area contributed by atoms with Crippen molar-refractivity contribution in [2.45, 2.75) is 43.3 Å². The number of piperidine rings is 1. The van der Waals surface area contributed by atoms with Crippen LogP contribution in [0.15, 0.2) is 53.4 Å². The van der Waals surface area contributed by atoms with Crippen LogP contribution in [0.25, 0.3) is 0 Å². The van der Waals surface area contributed by atoms with Crippen molar-refractivity contribution >= 4 is 18.4 Å². The molecule has 0 aromatic heterocycles. The van der Waals surface area contributed by atoms with Crippen molar-refractivity contribution in [1.82, 2.24) is 9.62 Å². The number of ether oxygens (including phenoxy) is 1. The topological polar surface area (TPSA) is 41.6 Å². The maximum Gasteiger partial charge on any atom is 0.416 e. The van der Waals surface area contributed by atoms with E-state index in [1.807, 2.05) is 6.92 Å². The molecule has 1 N–H and O–H groups in total. The zero-order chi connectivity index (χ0) is 22.7. The standard InChI is InChI=1S/C12H15FN2OS.C10H11F3O/c13-10-1-3-12(4-2-10)17-15-7-5-11(6-8-15)14-9-16;1-2-6-14-9-5-3-4-8(7-9)10(11,12)13/h1-4,9,11H,5-8H2,(H,14,16);3-5,7H,2,6H2,1H3. The number of amides is 1. The molecule has 170 valence electrons. The Morgan fingerprint density at radius 3 is 2.42 bits per heavy atom. The molecule has 0 saturated carbocycles. The highest BCUT2D eigenvalue weighted by Crippen LogP contribution is 2.31. The average Bonchev–Trinajstić information content (AvgIpc) is 2.75. The molecule has 0 spiro atoms. The van der Waals surface area contributed by atoms with E-state index in [1.165, 1.54) is 24.3 Å². The number of alkyl halides is 3. The lowest BCUT2D eigenvalue weighted by Crippen LogP contribution is -2.39. The summed E-state index contributed by atoms with van der Waals surface area (Å²) in [6.45, 7) is 4.20. The van der Waals surface area contributed by atoms with Gasteiger partial charge in [0, 0.05) is 24.0 Å². The molecule has 0 radical (unpaired) electrons. The highest BCUT2D eigenvalue weighted by Gasteiger charge is 2.30. The van der Waals surface area contributed by atoms with Gasteiger partial charge in [-0.3, -0.25) is 4.79 Å². The highest BCUT2D eigenvalue weighted by atomic mass is 32.2. The summed E-state index contributed by atoms with van der Waals surface area (Å²) in [6.07, 6.45) is -0.824. The number of hydrogen-bond acceptors (Lipinski definition) is 4. The molecule has 1 heterocycles. The number of rotatable bonds is 7. The summed E-state index contributed by atoms with van der Waals surface area (Å²) in [5.41, 5.74) is -0.675. The average molecular weight is 459 g/mol. The SMILES string of the molecule is CCCOc1cccc(C(F)(F)F)c1.O=CNC1CCN(Sc2ccc(F)cc2)CC1. The lowest BCUT2D eigenvalue weighted by atomic mass is 10.1. The van der Waals surface area contributed by atoms with Crippen LogP contribution in [0.5, 0.6) is 5.75 Å². The first kappa shape index (κ1) is 25.0. The van der Waals surface area contributed by atoms with Crippen LogP contribution in [0.2, 0.25) is 0 Å². The molecule has 0 bridgehead atoms. The Hall–Kier alpha value is -2.26. The minimum absolute atomic E-state index is 0.205. The molecule has 1 saturated heterocycles. The Morgan fingerprint density at radius 2 is 1.84 bits per heavy atom. The minimum atomic E-state index is -4.30. The first-order valence-electron chi connectivity index (χ1n) is 10.00. The van der Waals surface area contributed by atoms with Crippen molar-refractivity contribution < 1.29 is 27.1 Å². The quantitative estimate of drug-likeness (QED) is 0.336. The molecule has 1 aliphatic heterocycles. The first-order chi connectivity index (χ1) is 14.8. The third-order valence-corrected chi connectivity index (χ3v) is 5.55. The van der Waals surface area contributed by atoms with E-state index in [-0.39, 0.29) is 11.6 Å². The molecular formula is C22H26F4N2O2S. The Labute approximate surface area is 184 Å². The van der Waals surface area contributed by atoms with Gasteiger partial charge in [-0.1, -0.05) is 13.0 Å². The van der Waals surface area contributed by atoms with E-state index in [0.717, 1.165) is 55.8 Å². The predicted octanol–water partition coefficient (Wildman–Crippen LogP) is 5.54. The minimum Gasteiger partial charge on any atom is -0.494 e. The van der Waals surface area contributed by atoms with Gasteiger partial charge in [0.15, 0.2) is 0 Å². The molecule has 2 aromatic rings. The van der Waals surface area contributed by atoms with E-state index in [1.54, 1.807) is 24.1 Å². The van der Waals surface area contributed by atoms with Crippen LogP contribution in [0.1, 0.15) is 31.7 Å². The molecular weight excluding hydrogens is 432 g/mol. The van der Waals surface area contributed by atoms with Crippen molar-refractivity contribution in [3.63, 3.8) is 0 Å². The van der Waals surface area contributed by atoms with Crippen LogP contribution in [-0.4, -0.2) is 36.5 Å². The Morgan fingerprint density at radius 1 is 1.16 bits per heavy atom. The number of carbonyl (C=O) groups excluding carboxylic acids is 1. The predicted molar refractivity (Wildman–Crippen MR) is 113 cm³/mol. The van der Waals surface area contributed by atoms with Crippen LogP contribution in [0, 0.1) is 5.82 Å². The summed E-state index contributed by atoms with van der Waals surface area (Å²) in [6, 6.07) is 11.7. The highest BCUT2D eigenvalue weighted by molar-refractivity contribution is 7.97. The number of nitrogens with zero attached hydrogens (tertiary/aromatic N) is 1. The molecule has 0 unspecified atom stereocenters. The fraction of sp³-hybridized carbons (Fsp3) is 0.409. The van der Waals surface area contributed by atoms with Crippen molar-refractivity contribution in [3.05, 3.63) is 59.9 Å². The maximum absolute atomic E-state index is 12.7. The summed E-state index contributed by atoms with van der Waals surface area (Å²) in [7, 11) is 0. The van der Waals surface area contributed by atoms with Gasteiger partial charge in [0.25, 0.3) is 0 Å². The second-order valence-corrected chi connectivity index (χ2v) is 8.08. The van der Waals surface area contributed by atoms with Crippen molar-refractivity contribution in [2.75, 3.05) is 19.7 Å². The van der Waals surface area contributed by atoms with Gasteiger partial charge < -0.3 is 10.1 Å². The zero-order valence-electron chi connectivity index (χ0n) is 17.2. The largest absolute Gasteiger partial charge is 0.494 e. The lowest BCUT2D eigenvalue weighted by Gasteiger charge is -2.30. The van der Waals surface area contributed by atoms with Gasteiger partial charge in [-0.25, -0.2) is 8.70 Å². The molecule has 1 aliphatic rings. The van der Waals surface area contributed by atoms with Gasteiger partial charge in [-0.15, -0.1) is 0 Å². The lowest BCUT2D eigenvalue weighted by molar-refractivity contribution is -0.137. The first-order valence-corrected chi connectivity index (χ1v) is 10.8. The van der Waals surface area contributed by atoms with Gasteiger partial charge in [-0.2, -0.15) is 13.2 Å². The Kier molecular flexibility index (Phi) is 10.1. The van der Waals surface area contributed by atoms with Crippen molar-refractivity contribution in [2.24, 2.45) is 0 Å². The normalized spacial score (nSPS) is 15.0. The fourth-order valence-electron chi connectivity index (χ4n) is 2.84. The smallest absolute Gasteiger partial charge is 0.416 e. The van der Waals surface area contributed by atoms with E-state index >= 15 is 0 Å². The summed E-state index contributed by atoms with van der Waals surface area (Å²) in [5.74, 6) is 0.0601. The Balaban J connectivity index is 0.000000225. The summed E-state index contributed by atoms with van der Waals surface area (Å²) >= 11 is 1.64. The number of carbonyl (C=O) groups is 1. The molecule has 4 nitrogen and oxygen atoms in total. The molecule has 9 heteroatoms. The van der Waals surface area contributed by atoms with Gasteiger partial charge >= 0.3 is 6.18 Å². The Bertz CT molecular complexity index is 795.